The van der Waals surface area contributed by atoms with E-state index in [4.69, 9.17) is 44.0 Å². The summed E-state index contributed by atoms with van der Waals surface area (Å²) in [5.41, 5.74) is 24.1. The van der Waals surface area contributed by atoms with E-state index in [0.29, 0.717) is 0 Å². The fourth-order valence-electron chi connectivity index (χ4n) is 4.12. The molecule has 236 valence electrons. The highest BCUT2D eigenvalue weighted by Crippen LogP contribution is 2.35. The van der Waals surface area contributed by atoms with Gasteiger partial charge in [0.15, 0.2) is 11.6 Å². The average molecular weight is 607 g/mol. The molecule has 20 heteroatoms. The van der Waals surface area contributed by atoms with Gasteiger partial charge in [-0.2, -0.15) is 0 Å². The van der Waals surface area contributed by atoms with E-state index in [0.717, 1.165) is 0 Å². The molecule has 0 saturated carbocycles. The third kappa shape index (κ3) is 9.34. The zero-order chi connectivity index (χ0) is 33.1. The Hall–Kier alpha value is -4.37. The molecule has 0 spiro atoms. The molecule has 20 nitrogen and oxygen atoms in total. The van der Waals surface area contributed by atoms with E-state index in [1.165, 1.54) is 0 Å². The second kappa shape index (κ2) is 16.2. The highest BCUT2D eigenvalue weighted by Gasteiger charge is 2.64. The van der Waals surface area contributed by atoms with Gasteiger partial charge in [-0.05, 0) is 19.4 Å². The number of carboxylic acid groups (broad SMARTS) is 5. The van der Waals surface area contributed by atoms with Crippen LogP contribution < -0.4 is 28.7 Å². The van der Waals surface area contributed by atoms with Crippen LogP contribution in [0, 0.1) is 5.92 Å². The Bertz CT molecular complexity index is 1080. The molecular formula is C22H34N6O14. The van der Waals surface area contributed by atoms with Crippen LogP contribution in [0.4, 0.5) is 0 Å². The summed E-state index contributed by atoms with van der Waals surface area (Å²) in [6.07, 6.45) is -6.21. The van der Waals surface area contributed by atoms with E-state index in [2.05, 4.69) is 0 Å². The lowest BCUT2D eigenvalue weighted by atomic mass is 9.69. The van der Waals surface area contributed by atoms with Gasteiger partial charge in [0.2, 0.25) is 17.4 Å². The van der Waals surface area contributed by atoms with Crippen molar-refractivity contribution in [2.24, 2.45) is 34.6 Å². The largest absolute Gasteiger partial charge is 0.481 e. The summed E-state index contributed by atoms with van der Waals surface area (Å²) in [6, 6.07) is -9.09. The topological polar surface area (TPSA) is 388 Å². The number of amides is 2. The van der Waals surface area contributed by atoms with Crippen molar-refractivity contribution in [2.75, 3.05) is 6.54 Å². The van der Waals surface area contributed by atoms with Crippen molar-refractivity contribution in [1.29, 1.82) is 0 Å². The number of carbonyl (C=O) groups is 9. The van der Waals surface area contributed by atoms with Gasteiger partial charge in [0, 0.05) is 0 Å². The number of rotatable bonds is 20. The molecule has 0 aliphatic heterocycles. The predicted octanol–water partition coefficient (Wildman–Crippen LogP) is -5.13. The molecule has 0 bridgehead atoms. The maximum absolute atomic E-state index is 13.9. The number of carbonyl (C=O) groups excluding carboxylic acids is 4. The average Bonchev–Trinajstić information content (AvgIpc) is 2.84. The van der Waals surface area contributed by atoms with Gasteiger partial charge in [0.25, 0.3) is 0 Å². The lowest BCUT2D eigenvalue weighted by Crippen LogP contribution is -2.75. The van der Waals surface area contributed by atoms with Crippen LogP contribution in [0.15, 0.2) is 0 Å². The van der Waals surface area contributed by atoms with Crippen molar-refractivity contribution in [3.8, 4) is 0 Å². The molecule has 15 N–H and O–H groups in total. The molecule has 6 unspecified atom stereocenters. The summed E-state index contributed by atoms with van der Waals surface area (Å²) < 4.78 is 0. The monoisotopic (exact) mass is 606 g/mol. The molecule has 0 aromatic carbocycles. The van der Waals surface area contributed by atoms with Crippen LogP contribution in [0.3, 0.4) is 0 Å². The Kier molecular flexibility index (Phi) is 14.5. The fourth-order valence-corrected chi connectivity index (χ4v) is 4.12. The number of nitrogens with zero attached hydrogens (tertiary/aromatic N) is 1. The standard InChI is InChI=1S/C22H34N6O14/c23-3-1-2-8(17(37)9(24)4-13(29)30)22(21(41)42,18(38)10(25)5-14(31)32)28(19(39)11(26)6-15(33)34)20(40)12(27)7-16(35)36/h8-12H,1-7,23-27H2,(H,29,30)(H,31,32)(H,33,34)(H,35,36)(H,41,42). The summed E-state index contributed by atoms with van der Waals surface area (Å²) in [5.74, 6) is -19.3. The predicted molar refractivity (Wildman–Crippen MR) is 135 cm³/mol. The molecule has 0 rings (SSSR count). The lowest BCUT2D eigenvalue weighted by Gasteiger charge is -2.45. The smallest absolute Gasteiger partial charge is 0.338 e. The van der Waals surface area contributed by atoms with Gasteiger partial charge in [-0.15, -0.1) is 0 Å². The molecular weight excluding hydrogens is 572 g/mol. The molecule has 6 atom stereocenters. The highest BCUT2D eigenvalue weighted by molar-refractivity contribution is 6.21. The maximum atomic E-state index is 13.9. The number of aliphatic carboxylic acids is 5. The Morgan fingerprint density at radius 2 is 0.952 bits per heavy atom. The molecule has 0 aliphatic carbocycles. The first-order valence-corrected chi connectivity index (χ1v) is 12.1. The lowest BCUT2D eigenvalue weighted by molar-refractivity contribution is -0.179. The zero-order valence-corrected chi connectivity index (χ0v) is 22.1. The first-order valence-electron chi connectivity index (χ1n) is 12.1. The normalized spacial score (nSPS) is 16.0. The number of hydrogen-bond acceptors (Lipinski definition) is 14. The number of ketones is 2. The zero-order valence-electron chi connectivity index (χ0n) is 22.1. The molecule has 0 aromatic rings. The minimum absolute atomic E-state index is 0.317. The van der Waals surface area contributed by atoms with Crippen molar-refractivity contribution in [1.82, 2.24) is 4.90 Å². The second-order valence-corrected chi connectivity index (χ2v) is 9.15. The maximum Gasteiger partial charge on any atom is 0.338 e. The van der Waals surface area contributed by atoms with E-state index in [1.54, 1.807) is 0 Å². The third-order valence-electron chi connectivity index (χ3n) is 5.95. The van der Waals surface area contributed by atoms with E-state index < -0.39 is 126 Å². The van der Waals surface area contributed by atoms with Gasteiger partial charge in [-0.1, -0.05) is 0 Å². The molecule has 0 aliphatic rings. The number of nitrogens with two attached hydrogens (primary N) is 5. The number of Topliss-reactive ketones (excluding diaryl/α,β-unsaturated/α-hetero) is 2. The van der Waals surface area contributed by atoms with Gasteiger partial charge < -0.3 is 54.2 Å². The van der Waals surface area contributed by atoms with Gasteiger partial charge in [-0.3, -0.25) is 43.3 Å². The van der Waals surface area contributed by atoms with Gasteiger partial charge >= 0.3 is 29.8 Å². The first kappa shape index (κ1) is 37.6. The quantitative estimate of drug-likeness (QED) is 0.0579. The number of carboxylic acids is 5. The fraction of sp³-hybridized carbons (Fsp3) is 0.591. The van der Waals surface area contributed by atoms with Crippen molar-refractivity contribution in [3.05, 3.63) is 0 Å². The Labute approximate surface area is 236 Å². The van der Waals surface area contributed by atoms with Crippen molar-refractivity contribution in [2.45, 2.75) is 68.2 Å². The minimum Gasteiger partial charge on any atom is -0.481 e. The number of hydrogen-bond donors (Lipinski definition) is 10. The van der Waals surface area contributed by atoms with Crippen molar-refractivity contribution < 1.29 is 68.7 Å². The summed E-state index contributed by atoms with van der Waals surface area (Å²) in [7, 11) is 0. The molecule has 2 amide bonds. The Morgan fingerprint density at radius 1 is 0.595 bits per heavy atom. The van der Waals surface area contributed by atoms with Gasteiger partial charge in [-0.25, -0.2) is 4.79 Å². The van der Waals surface area contributed by atoms with Gasteiger partial charge in [0.05, 0.1) is 55.8 Å². The summed E-state index contributed by atoms with van der Waals surface area (Å²) >= 11 is 0. The van der Waals surface area contributed by atoms with Crippen LogP contribution in [0.25, 0.3) is 0 Å². The molecule has 0 radical (unpaired) electrons. The molecule has 0 fully saturated rings. The van der Waals surface area contributed by atoms with E-state index >= 15 is 0 Å². The summed E-state index contributed by atoms with van der Waals surface area (Å²) in [6.45, 7) is -0.317. The molecule has 0 aromatic heterocycles. The van der Waals surface area contributed by atoms with E-state index in [9.17, 15) is 53.4 Å². The minimum atomic E-state index is -3.88. The summed E-state index contributed by atoms with van der Waals surface area (Å²) in [4.78, 5) is 112. The van der Waals surface area contributed by atoms with Crippen LogP contribution in [0.1, 0.15) is 38.5 Å². The van der Waals surface area contributed by atoms with Crippen LogP contribution >= 0.6 is 0 Å². The van der Waals surface area contributed by atoms with E-state index in [-0.39, 0.29) is 13.0 Å². The number of imide groups is 1. The Balaban J connectivity index is 8.03. The van der Waals surface area contributed by atoms with Crippen molar-refractivity contribution in [3.63, 3.8) is 0 Å². The Morgan fingerprint density at radius 3 is 1.29 bits per heavy atom. The van der Waals surface area contributed by atoms with Crippen molar-refractivity contribution >= 4 is 53.2 Å². The molecule has 0 heterocycles. The first-order chi connectivity index (χ1) is 19.3. The molecule has 0 saturated heterocycles. The van der Waals surface area contributed by atoms with Crippen LogP contribution in [-0.4, -0.2) is 120 Å². The second-order valence-electron chi connectivity index (χ2n) is 9.15. The van der Waals surface area contributed by atoms with E-state index in [1.807, 2.05) is 0 Å². The van der Waals surface area contributed by atoms with Crippen LogP contribution in [0.2, 0.25) is 0 Å². The van der Waals surface area contributed by atoms with Gasteiger partial charge in [0.1, 0.15) is 0 Å². The third-order valence-corrected chi connectivity index (χ3v) is 5.95. The molecule has 42 heavy (non-hydrogen) atoms. The van der Waals surface area contributed by atoms with Crippen LogP contribution in [-0.2, 0) is 43.2 Å². The summed E-state index contributed by atoms with van der Waals surface area (Å²) in [5, 5.41) is 47.1. The SMILES string of the molecule is NCCCC(C(=O)C(N)CC(=O)O)C(C(=O)O)(C(=O)C(N)CC(=O)O)N(C(=O)C(N)CC(=O)O)C(=O)C(N)CC(=O)O. The highest BCUT2D eigenvalue weighted by atomic mass is 16.4. The van der Waals surface area contributed by atoms with Crippen LogP contribution in [0.5, 0.6) is 0 Å².